The van der Waals surface area contributed by atoms with Crippen molar-refractivity contribution in [2.45, 2.75) is 6.54 Å². The fourth-order valence-corrected chi connectivity index (χ4v) is 1.12. The molecule has 7 nitrogen and oxygen atoms in total. The van der Waals surface area contributed by atoms with Gasteiger partial charge in [-0.2, -0.15) is 0 Å². The van der Waals surface area contributed by atoms with Crippen molar-refractivity contribution < 1.29 is 9.90 Å². The lowest BCUT2D eigenvalue weighted by Crippen LogP contribution is -2.31. The first-order valence-electron chi connectivity index (χ1n) is 3.97. The quantitative estimate of drug-likeness (QED) is 0.467. The van der Waals surface area contributed by atoms with Gasteiger partial charge in [0.15, 0.2) is 0 Å². The largest absolute Gasteiger partial charge is 0.480 e. The molecule has 0 amide bonds. The summed E-state index contributed by atoms with van der Waals surface area (Å²) in [5.41, 5.74) is -0.945. The molecule has 15 heavy (non-hydrogen) atoms. The summed E-state index contributed by atoms with van der Waals surface area (Å²) in [6, 6.07) is 0. The molecule has 8 heteroatoms. The summed E-state index contributed by atoms with van der Waals surface area (Å²) in [4.78, 5) is 34.3. The number of nitrogens with one attached hydrogen (secondary N) is 2. The number of aromatic amines is 1. The van der Waals surface area contributed by atoms with Gasteiger partial charge in [0.2, 0.25) is 0 Å². The number of nitrogens with zero attached hydrogens (tertiary/aromatic N) is 1. The molecule has 3 N–H and O–H groups in total. The van der Waals surface area contributed by atoms with Gasteiger partial charge in [-0.15, -0.1) is 0 Å². The SMILES string of the molecule is O=C(O)CNCc1cn(S)c(=O)[nH]c1=O. The lowest BCUT2D eigenvalue weighted by molar-refractivity contribution is -0.135. The molecule has 0 radical (unpaired) electrons. The van der Waals surface area contributed by atoms with Gasteiger partial charge in [-0.1, -0.05) is 12.8 Å². The van der Waals surface area contributed by atoms with Gasteiger partial charge < -0.3 is 10.4 Å². The van der Waals surface area contributed by atoms with Gasteiger partial charge in [-0.05, 0) is 0 Å². The van der Waals surface area contributed by atoms with Crippen LogP contribution >= 0.6 is 12.8 Å². The molecule has 0 atom stereocenters. The summed E-state index contributed by atoms with van der Waals surface area (Å²) in [7, 11) is 0. The maximum absolute atomic E-state index is 11.2. The average molecular weight is 231 g/mol. The molecule has 0 saturated heterocycles. The average Bonchev–Trinajstić information content (AvgIpc) is 2.13. The Hall–Kier alpha value is -1.54. The fraction of sp³-hybridized carbons (Fsp3) is 0.286. The van der Waals surface area contributed by atoms with Crippen molar-refractivity contribution in [2.75, 3.05) is 6.54 Å². The van der Waals surface area contributed by atoms with Crippen LogP contribution in [0.1, 0.15) is 5.56 Å². The van der Waals surface area contributed by atoms with Crippen molar-refractivity contribution in [3.05, 3.63) is 32.6 Å². The maximum Gasteiger partial charge on any atom is 0.338 e. The minimum Gasteiger partial charge on any atom is -0.480 e. The van der Waals surface area contributed by atoms with Gasteiger partial charge in [0.1, 0.15) is 0 Å². The molecular weight excluding hydrogens is 222 g/mol. The van der Waals surface area contributed by atoms with E-state index >= 15 is 0 Å². The third-order valence-corrected chi connectivity index (χ3v) is 1.89. The molecule has 0 bridgehead atoms. The fourth-order valence-electron chi connectivity index (χ4n) is 0.930. The Kier molecular flexibility index (Phi) is 3.69. The predicted molar refractivity (Wildman–Crippen MR) is 55.0 cm³/mol. The van der Waals surface area contributed by atoms with Crippen molar-refractivity contribution in [1.29, 1.82) is 0 Å². The van der Waals surface area contributed by atoms with Crippen LogP contribution < -0.4 is 16.6 Å². The van der Waals surface area contributed by atoms with Crippen molar-refractivity contribution in [2.24, 2.45) is 0 Å². The Balaban J connectivity index is 2.78. The number of hydrogen-bond donors (Lipinski definition) is 4. The molecule has 1 aromatic heterocycles. The molecule has 0 aliphatic heterocycles. The van der Waals surface area contributed by atoms with Crippen LogP contribution in [0.5, 0.6) is 0 Å². The first-order valence-corrected chi connectivity index (χ1v) is 4.37. The van der Waals surface area contributed by atoms with Crippen molar-refractivity contribution in [3.63, 3.8) is 0 Å². The summed E-state index contributed by atoms with van der Waals surface area (Å²) in [6.07, 6.45) is 1.24. The molecule has 1 rings (SSSR count). The van der Waals surface area contributed by atoms with Gasteiger partial charge in [0, 0.05) is 18.3 Å². The minimum atomic E-state index is -1.02. The Labute approximate surface area is 89.3 Å². The monoisotopic (exact) mass is 231 g/mol. The molecule has 0 saturated carbocycles. The topological polar surface area (TPSA) is 104 Å². The smallest absolute Gasteiger partial charge is 0.338 e. The predicted octanol–water partition coefficient (Wildman–Crippen LogP) is -1.60. The third-order valence-electron chi connectivity index (χ3n) is 1.59. The highest BCUT2D eigenvalue weighted by atomic mass is 32.1. The molecule has 1 aromatic rings. The second-order valence-corrected chi connectivity index (χ2v) is 3.19. The van der Waals surface area contributed by atoms with Gasteiger partial charge in [0.05, 0.1) is 6.54 Å². The number of rotatable bonds is 4. The van der Waals surface area contributed by atoms with Crippen LogP contribution in [0.4, 0.5) is 0 Å². The molecule has 0 aromatic carbocycles. The van der Waals surface area contributed by atoms with Crippen LogP contribution in [0.2, 0.25) is 0 Å². The van der Waals surface area contributed by atoms with Crippen LogP contribution in [0.15, 0.2) is 15.8 Å². The van der Waals surface area contributed by atoms with E-state index in [1.807, 2.05) is 4.98 Å². The second-order valence-electron chi connectivity index (χ2n) is 2.76. The Morgan fingerprint density at radius 3 is 2.87 bits per heavy atom. The Bertz CT molecular complexity index is 478. The third kappa shape index (κ3) is 3.26. The van der Waals surface area contributed by atoms with Crippen molar-refractivity contribution >= 4 is 18.8 Å². The molecule has 0 unspecified atom stereocenters. The van der Waals surface area contributed by atoms with Crippen LogP contribution in [-0.2, 0) is 11.3 Å². The van der Waals surface area contributed by atoms with E-state index in [0.717, 1.165) is 3.97 Å². The minimum absolute atomic E-state index is 0.0580. The second kappa shape index (κ2) is 4.80. The van der Waals surface area contributed by atoms with E-state index in [-0.39, 0.29) is 18.7 Å². The highest BCUT2D eigenvalue weighted by Crippen LogP contribution is 1.88. The summed E-state index contributed by atoms with van der Waals surface area (Å²) >= 11 is 3.77. The molecule has 0 aliphatic rings. The zero-order chi connectivity index (χ0) is 11.4. The number of carboxylic acid groups (broad SMARTS) is 1. The summed E-state index contributed by atoms with van der Waals surface area (Å²) < 4.78 is 0.916. The van der Waals surface area contributed by atoms with E-state index < -0.39 is 17.2 Å². The van der Waals surface area contributed by atoms with E-state index in [1.165, 1.54) is 6.20 Å². The number of H-pyrrole nitrogens is 1. The van der Waals surface area contributed by atoms with Crippen LogP contribution in [0, 0.1) is 0 Å². The van der Waals surface area contributed by atoms with Gasteiger partial charge >= 0.3 is 11.7 Å². The molecule has 82 valence electrons. The number of aliphatic carboxylic acids is 1. The summed E-state index contributed by atoms with van der Waals surface area (Å²) in [6.45, 7) is -0.201. The van der Waals surface area contributed by atoms with E-state index in [9.17, 15) is 14.4 Å². The zero-order valence-corrected chi connectivity index (χ0v) is 8.45. The Morgan fingerprint density at radius 2 is 2.27 bits per heavy atom. The first kappa shape index (κ1) is 11.5. The zero-order valence-electron chi connectivity index (χ0n) is 7.56. The standard InChI is InChI=1S/C7H9N3O4S/c11-5(12)2-8-1-4-3-10(15)7(14)9-6(4)13/h3,8,15H,1-2H2,(H,11,12)(H,9,13,14). The number of carboxylic acids is 1. The summed E-state index contributed by atoms with van der Waals surface area (Å²) in [5.74, 6) is -1.02. The lowest BCUT2D eigenvalue weighted by Gasteiger charge is -2.02. The maximum atomic E-state index is 11.2. The van der Waals surface area contributed by atoms with Crippen LogP contribution in [-0.4, -0.2) is 26.6 Å². The first-order chi connectivity index (χ1) is 7.00. The molecule has 0 aliphatic carbocycles. The van der Waals surface area contributed by atoms with E-state index in [1.54, 1.807) is 0 Å². The van der Waals surface area contributed by atoms with Crippen molar-refractivity contribution in [1.82, 2.24) is 14.3 Å². The van der Waals surface area contributed by atoms with Crippen LogP contribution in [0.25, 0.3) is 0 Å². The Morgan fingerprint density at radius 1 is 1.60 bits per heavy atom. The van der Waals surface area contributed by atoms with E-state index in [4.69, 9.17) is 5.11 Å². The molecular formula is C7H9N3O4S. The van der Waals surface area contributed by atoms with E-state index in [2.05, 4.69) is 18.1 Å². The highest BCUT2D eigenvalue weighted by molar-refractivity contribution is 7.78. The number of thiol groups is 1. The number of aromatic nitrogens is 2. The normalized spacial score (nSPS) is 10.2. The molecule has 1 heterocycles. The lowest BCUT2D eigenvalue weighted by atomic mass is 10.3. The van der Waals surface area contributed by atoms with Crippen LogP contribution in [0.3, 0.4) is 0 Å². The highest BCUT2D eigenvalue weighted by Gasteiger charge is 2.03. The van der Waals surface area contributed by atoms with Gasteiger partial charge in [-0.3, -0.25) is 14.6 Å². The summed E-state index contributed by atoms with van der Waals surface area (Å²) in [5, 5.41) is 10.9. The van der Waals surface area contributed by atoms with E-state index in [0.29, 0.717) is 0 Å². The molecule has 0 spiro atoms. The van der Waals surface area contributed by atoms with Gasteiger partial charge in [-0.25, -0.2) is 8.77 Å². The molecule has 0 fully saturated rings. The van der Waals surface area contributed by atoms with Crippen molar-refractivity contribution in [3.8, 4) is 0 Å². The number of hydrogen-bond acceptors (Lipinski definition) is 5. The number of carbonyl (C=O) groups is 1. The van der Waals surface area contributed by atoms with Gasteiger partial charge in [0.25, 0.3) is 5.56 Å².